The average Bonchev–Trinajstić information content (AvgIpc) is 2.48. The molecule has 1 unspecified atom stereocenters. The minimum atomic E-state index is -4.60. The van der Waals surface area contributed by atoms with Crippen LogP contribution in [-0.4, -0.2) is 14.5 Å². The Hall–Kier alpha value is -1.34. The van der Waals surface area contributed by atoms with Crippen LogP contribution in [-0.2, 0) is 16.0 Å². The molecule has 0 radical (unpaired) electrons. The smallest absolute Gasteiger partial charge is 0.328 e. The number of fused-ring (bicyclic) bond motifs is 1. The molecule has 3 nitrogen and oxygen atoms in total. The van der Waals surface area contributed by atoms with E-state index in [1.807, 2.05) is 0 Å². The first kappa shape index (κ1) is 14.1. The molecule has 1 aromatic rings. The summed E-state index contributed by atoms with van der Waals surface area (Å²) in [5.74, 6) is 0. The van der Waals surface area contributed by atoms with Crippen LogP contribution in [0.3, 0.4) is 0 Å². The van der Waals surface area contributed by atoms with E-state index in [-0.39, 0.29) is 22.5 Å². The molecule has 0 saturated heterocycles. The van der Waals surface area contributed by atoms with Crippen LogP contribution < -0.4 is 5.73 Å². The Balaban J connectivity index is 2.70. The standard InChI is InChI=1S/C12H12F3NO2S/c1-7(16)5-8-6-19(17,18)10-4-2-3-9(11(8)10)12(13,14)15/h2-4,6-7H,5,16H2,1H3. The molecule has 0 aromatic heterocycles. The van der Waals surface area contributed by atoms with Crippen LogP contribution in [0.4, 0.5) is 13.2 Å². The van der Waals surface area contributed by atoms with Crippen molar-refractivity contribution in [3.63, 3.8) is 0 Å². The molecule has 0 fully saturated rings. The largest absolute Gasteiger partial charge is 0.417 e. The lowest BCUT2D eigenvalue weighted by Crippen LogP contribution is -2.16. The van der Waals surface area contributed by atoms with Gasteiger partial charge in [0.05, 0.1) is 10.5 Å². The lowest BCUT2D eigenvalue weighted by Gasteiger charge is -2.14. The van der Waals surface area contributed by atoms with Crippen molar-refractivity contribution in [3.05, 3.63) is 34.7 Å². The third kappa shape index (κ3) is 2.52. The second-order valence-electron chi connectivity index (χ2n) is 4.55. The molecule has 19 heavy (non-hydrogen) atoms. The highest BCUT2D eigenvalue weighted by atomic mass is 32.2. The van der Waals surface area contributed by atoms with Crippen molar-refractivity contribution in [1.82, 2.24) is 0 Å². The van der Waals surface area contributed by atoms with Crippen LogP contribution in [0.1, 0.15) is 24.5 Å². The van der Waals surface area contributed by atoms with E-state index in [0.29, 0.717) is 0 Å². The molecule has 1 aliphatic rings. The minimum absolute atomic E-state index is 0.0827. The highest BCUT2D eigenvalue weighted by Gasteiger charge is 2.39. The number of sulfone groups is 1. The van der Waals surface area contributed by atoms with E-state index in [1.165, 1.54) is 6.07 Å². The summed E-state index contributed by atoms with van der Waals surface area (Å²) in [6.07, 6.45) is -4.51. The predicted octanol–water partition coefficient (Wildman–Crippen LogP) is 2.57. The Labute approximate surface area is 108 Å². The lowest BCUT2D eigenvalue weighted by molar-refractivity contribution is -0.137. The third-order valence-corrected chi connectivity index (χ3v) is 4.35. The van der Waals surface area contributed by atoms with Crippen molar-refractivity contribution >= 4 is 15.4 Å². The van der Waals surface area contributed by atoms with Gasteiger partial charge in [-0.2, -0.15) is 13.2 Å². The molecule has 0 aliphatic carbocycles. The molecule has 1 heterocycles. The van der Waals surface area contributed by atoms with E-state index in [4.69, 9.17) is 5.73 Å². The Kier molecular flexibility index (Phi) is 3.22. The number of halogens is 3. The second-order valence-corrected chi connectivity index (χ2v) is 6.31. The Morgan fingerprint density at radius 1 is 1.32 bits per heavy atom. The van der Waals surface area contributed by atoms with Crippen molar-refractivity contribution in [3.8, 4) is 0 Å². The van der Waals surface area contributed by atoms with Crippen molar-refractivity contribution in [2.24, 2.45) is 5.73 Å². The first-order valence-corrected chi connectivity index (χ1v) is 7.09. The maximum absolute atomic E-state index is 13.0. The van der Waals surface area contributed by atoms with Crippen molar-refractivity contribution in [2.75, 3.05) is 0 Å². The summed E-state index contributed by atoms with van der Waals surface area (Å²) in [6, 6.07) is 2.75. The van der Waals surface area contributed by atoms with Gasteiger partial charge in [-0.15, -0.1) is 0 Å². The molecule has 0 spiro atoms. The van der Waals surface area contributed by atoms with Crippen LogP contribution in [0.5, 0.6) is 0 Å². The number of hydrogen-bond donors (Lipinski definition) is 1. The summed E-state index contributed by atoms with van der Waals surface area (Å²) >= 11 is 0. The number of alkyl halides is 3. The molecular weight excluding hydrogens is 279 g/mol. The Morgan fingerprint density at radius 3 is 2.47 bits per heavy atom. The fourth-order valence-electron chi connectivity index (χ4n) is 2.14. The van der Waals surface area contributed by atoms with Crippen LogP contribution in [0.2, 0.25) is 0 Å². The quantitative estimate of drug-likeness (QED) is 0.911. The van der Waals surface area contributed by atoms with E-state index in [9.17, 15) is 21.6 Å². The van der Waals surface area contributed by atoms with Gasteiger partial charge in [-0.25, -0.2) is 8.42 Å². The van der Waals surface area contributed by atoms with E-state index < -0.39 is 27.6 Å². The molecule has 1 aromatic carbocycles. The number of hydrogen-bond acceptors (Lipinski definition) is 3. The Bertz CT molecular complexity index is 645. The van der Waals surface area contributed by atoms with Gasteiger partial charge in [-0.05, 0) is 31.1 Å². The SMILES string of the molecule is CC(N)CC1=CS(=O)(=O)c2cccc(C(F)(F)F)c21. The van der Waals surface area contributed by atoms with Crippen LogP contribution in [0.25, 0.3) is 5.57 Å². The lowest BCUT2D eigenvalue weighted by atomic mass is 9.96. The topological polar surface area (TPSA) is 60.2 Å². The fourth-order valence-corrected chi connectivity index (χ4v) is 3.65. The summed E-state index contributed by atoms with van der Waals surface area (Å²) < 4.78 is 62.5. The molecule has 0 saturated carbocycles. The third-order valence-electron chi connectivity index (χ3n) is 2.80. The van der Waals surface area contributed by atoms with Crippen LogP contribution >= 0.6 is 0 Å². The molecule has 1 aliphatic heterocycles. The van der Waals surface area contributed by atoms with Crippen LogP contribution in [0.15, 0.2) is 28.5 Å². The number of rotatable bonds is 2. The molecule has 2 rings (SSSR count). The zero-order chi connectivity index (χ0) is 14.4. The van der Waals surface area contributed by atoms with Gasteiger partial charge in [0.1, 0.15) is 0 Å². The average molecular weight is 291 g/mol. The molecule has 7 heteroatoms. The molecule has 0 amide bonds. The number of nitrogens with two attached hydrogens (primary N) is 1. The molecule has 104 valence electrons. The minimum Gasteiger partial charge on any atom is -0.328 e. The van der Waals surface area contributed by atoms with E-state index in [0.717, 1.165) is 17.5 Å². The fraction of sp³-hybridized carbons (Fsp3) is 0.333. The maximum Gasteiger partial charge on any atom is 0.417 e. The van der Waals surface area contributed by atoms with Gasteiger partial charge >= 0.3 is 6.18 Å². The van der Waals surface area contributed by atoms with Crippen molar-refractivity contribution < 1.29 is 21.6 Å². The Morgan fingerprint density at radius 2 is 1.95 bits per heavy atom. The second kappa shape index (κ2) is 4.35. The summed E-state index contributed by atoms with van der Waals surface area (Å²) in [5.41, 5.74) is 4.49. The first-order valence-electron chi connectivity index (χ1n) is 5.55. The molecule has 1 atom stereocenters. The van der Waals surface area contributed by atoms with Gasteiger partial charge in [0.25, 0.3) is 0 Å². The first-order chi connectivity index (χ1) is 8.63. The monoisotopic (exact) mass is 291 g/mol. The summed E-state index contributed by atoms with van der Waals surface area (Å²) in [4.78, 5) is -0.294. The highest BCUT2D eigenvalue weighted by molar-refractivity contribution is 7.95. The van der Waals surface area contributed by atoms with E-state index >= 15 is 0 Å². The van der Waals surface area contributed by atoms with E-state index in [2.05, 4.69) is 0 Å². The number of benzene rings is 1. The normalized spacial score (nSPS) is 18.9. The van der Waals surface area contributed by atoms with Gasteiger partial charge in [0, 0.05) is 17.0 Å². The highest BCUT2D eigenvalue weighted by Crippen LogP contribution is 2.43. The van der Waals surface area contributed by atoms with Crippen LogP contribution in [0, 0.1) is 0 Å². The van der Waals surface area contributed by atoms with E-state index in [1.54, 1.807) is 6.92 Å². The van der Waals surface area contributed by atoms with Gasteiger partial charge in [-0.3, -0.25) is 0 Å². The van der Waals surface area contributed by atoms with Crippen molar-refractivity contribution in [2.45, 2.75) is 30.5 Å². The molecule has 2 N–H and O–H groups in total. The molecule has 0 bridgehead atoms. The van der Waals surface area contributed by atoms with Gasteiger partial charge < -0.3 is 5.73 Å². The summed E-state index contributed by atoms with van der Waals surface area (Å²) in [7, 11) is -3.80. The zero-order valence-corrected chi connectivity index (χ0v) is 10.8. The van der Waals surface area contributed by atoms with Gasteiger partial charge in [0.2, 0.25) is 9.84 Å². The summed E-state index contributed by atoms with van der Waals surface area (Å²) in [6.45, 7) is 1.61. The van der Waals surface area contributed by atoms with Gasteiger partial charge in [0.15, 0.2) is 0 Å². The van der Waals surface area contributed by atoms with Gasteiger partial charge in [-0.1, -0.05) is 6.07 Å². The maximum atomic E-state index is 13.0. The zero-order valence-electron chi connectivity index (χ0n) is 10.0. The van der Waals surface area contributed by atoms with Crippen molar-refractivity contribution in [1.29, 1.82) is 0 Å². The predicted molar refractivity (Wildman–Crippen MR) is 64.9 cm³/mol. The molecular formula is C12H12F3NO2S. The summed E-state index contributed by atoms with van der Waals surface area (Å²) in [5, 5.41) is 0.885.